The normalized spacial score (nSPS) is 23.1. The highest BCUT2D eigenvalue weighted by Gasteiger charge is 2.42. The summed E-state index contributed by atoms with van der Waals surface area (Å²) in [5.74, 6) is 2.80. The second-order valence-corrected chi connectivity index (χ2v) is 21.4. The van der Waals surface area contributed by atoms with E-state index in [1.165, 1.54) is 38.0 Å². The van der Waals surface area contributed by atoms with Crippen LogP contribution in [0.2, 0.25) is 0 Å². The van der Waals surface area contributed by atoms with E-state index in [1.54, 1.807) is 0 Å². The SMILES string of the molecule is CC1CCCCC1C(CP(C(C)(C)C)C(C)(C)C)CP(C(C)(C)C)C(C)(C)C. The molecule has 0 nitrogen and oxygen atoms in total. The highest BCUT2D eigenvalue weighted by Crippen LogP contribution is 2.65. The van der Waals surface area contributed by atoms with Crippen LogP contribution < -0.4 is 0 Å². The molecule has 2 atom stereocenters. The summed E-state index contributed by atoms with van der Waals surface area (Å²) in [5.41, 5.74) is 0. The van der Waals surface area contributed by atoms with Crippen LogP contribution in [0.1, 0.15) is 116 Å². The average Bonchev–Trinajstić information content (AvgIpc) is 2.43. The third kappa shape index (κ3) is 7.84. The Balaban J connectivity index is 3.28. The summed E-state index contributed by atoms with van der Waals surface area (Å²) in [4.78, 5) is 0. The van der Waals surface area contributed by atoms with E-state index in [2.05, 4.69) is 90.0 Å². The number of hydrogen-bond acceptors (Lipinski definition) is 0. The van der Waals surface area contributed by atoms with Crippen LogP contribution in [0.5, 0.6) is 0 Å². The van der Waals surface area contributed by atoms with Crippen LogP contribution >= 0.6 is 15.8 Å². The van der Waals surface area contributed by atoms with Gasteiger partial charge in [0.2, 0.25) is 0 Å². The number of hydrogen-bond donors (Lipinski definition) is 0. The first-order chi connectivity index (χ1) is 12.3. The molecule has 0 aromatic rings. The Morgan fingerprint density at radius 2 is 0.929 bits per heavy atom. The second-order valence-electron chi connectivity index (χ2n) is 13.6. The van der Waals surface area contributed by atoms with Gasteiger partial charge in [-0.2, -0.15) is 0 Å². The highest BCUT2D eigenvalue weighted by molar-refractivity contribution is 7.62. The zero-order chi connectivity index (χ0) is 22.1. The Kier molecular flexibility index (Phi) is 9.18. The van der Waals surface area contributed by atoms with Crippen LogP contribution in [-0.2, 0) is 0 Å². The van der Waals surface area contributed by atoms with Crippen LogP contribution in [0.3, 0.4) is 0 Å². The van der Waals surface area contributed by atoms with E-state index in [9.17, 15) is 0 Å². The zero-order valence-corrected chi connectivity index (χ0v) is 23.7. The van der Waals surface area contributed by atoms with Gasteiger partial charge in [0.05, 0.1) is 0 Å². The van der Waals surface area contributed by atoms with Crippen LogP contribution in [0.25, 0.3) is 0 Å². The largest absolute Gasteiger partial charge is 0.0953 e. The minimum Gasteiger partial charge on any atom is -0.0953 e. The van der Waals surface area contributed by atoms with Crippen molar-refractivity contribution in [1.82, 2.24) is 0 Å². The van der Waals surface area contributed by atoms with Crippen LogP contribution in [0, 0.1) is 17.8 Å². The topological polar surface area (TPSA) is 0 Å². The van der Waals surface area contributed by atoms with Gasteiger partial charge in [-0.1, -0.05) is 125 Å². The van der Waals surface area contributed by atoms with Gasteiger partial charge in [-0.15, -0.1) is 0 Å². The van der Waals surface area contributed by atoms with Gasteiger partial charge in [-0.05, 0) is 57.1 Å². The van der Waals surface area contributed by atoms with E-state index in [0.717, 1.165) is 17.8 Å². The lowest BCUT2D eigenvalue weighted by atomic mass is 9.74. The molecule has 0 aliphatic heterocycles. The lowest BCUT2D eigenvalue weighted by molar-refractivity contribution is 0.198. The van der Waals surface area contributed by atoms with Crippen molar-refractivity contribution in [2.75, 3.05) is 12.3 Å². The van der Waals surface area contributed by atoms with E-state index in [1.807, 2.05) is 0 Å². The fourth-order valence-electron chi connectivity index (χ4n) is 5.95. The van der Waals surface area contributed by atoms with Gasteiger partial charge in [0, 0.05) is 0 Å². The van der Waals surface area contributed by atoms with Crippen LogP contribution in [0.4, 0.5) is 0 Å². The Hall–Kier alpha value is 0.860. The van der Waals surface area contributed by atoms with Gasteiger partial charge in [0.25, 0.3) is 0 Å². The van der Waals surface area contributed by atoms with E-state index < -0.39 is 0 Å². The Morgan fingerprint density at radius 3 is 1.21 bits per heavy atom. The quantitative estimate of drug-likeness (QED) is 0.382. The second kappa shape index (κ2) is 9.56. The van der Waals surface area contributed by atoms with Gasteiger partial charge >= 0.3 is 0 Å². The molecule has 0 aromatic heterocycles. The Labute approximate surface area is 182 Å². The molecule has 0 saturated heterocycles. The fraction of sp³-hybridized carbons (Fsp3) is 1.00. The molecule has 1 aliphatic rings. The van der Waals surface area contributed by atoms with Crippen molar-refractivity contribution < 1.29 is 0 Å². The molecule has 0 N–H and O–H groups in total. The summed E-state index contributed by atoms with van der Waals surface area (Å²) in [6, 6.07) is 0. The van der Waals surface area contributed by atoms with Crippen LogP contribution in [0.15, 0.2) is 0 Å². The minimum atomic E-state index is -0.0179. The first kappa shape index (κ1) is 26.9. The molecule has 0 spiro atoms. The molecule has 1 fully saturated rings. The van der Waals surface area contributed by atoms with Gasteiger partial charge in [-0.3, -0.25) is 0 Å². The standard InChI is InChI=1S/C26H54P2/c1-20-16-14-15-17-22(20)21(18-27(23(2,3)4)24(5,6)7)19-28(25(8,9)10)26(11,12)13/h20-22H,14-19H2,1-13H3. The van der Waals surface area contributed by atoms with Gasteiger partial charge in [0.15, 0.2) is 0 Å². The zero-order valence-electron chi connectivity index (χ0n) is 21.9. The highest BCUT2D eigenvalue weighted by atomic mass is 31.1. The predicted molar refractivity (Wildman–Crippen MR) is 137 cm³/mol. The molecular weight excluding hydrogens is 374 g/mol. The summed E-state index contributed by atoms with van der Waals surface area (Å²) in [6.45, 7) is 32.8. The van der Waals surface area contributed by atoms with Gasteiger partial charge in [-0.25, -0.2) is 0 Å². The van der Waals surface area contributed by atoms with E-state index in [-0.39, 0.29) is 15.8 Å². The maximum atomic E-state index is 2.57. The molecule has 1 saturated carbocycles. The molecule has 1 rings (SSSR count). The molecule has 0 radical (unpaired) electrons. The minimum absolute atomic E-state index is 0.0179. The first-order valence-electron chi connectivity index (χ1n) is 11.9. The van der Waals surface area contributed by atoms with Gasteiger partial charge < -0.3 is 0 Å². The molecule has 0 amide bonds. The number of rotatable bonds is 5. The van der Waals surface area contributed by atoms with Crippen molar-refractivity contribution in [3.8, 4) is 0 Å². The summed E-state index contributed by atoms with van der Waals surface area (Å²) >= 11 is 0. The molecule has 1 aliphatic carbocycles. The molecule has 168 valence electrons. The molecule has 0 aromatic carbocycles. The maximum absolute atomic E-state index is 2.57. The lowest BCUT2D eigenvalue weighted by Gasteiger charge is -2.49. The monoisotopic (exact) mass is 428 g/mol. The molecule has 2 heteroatoms. The van der Waals surface area contributed by atoms with E-state index >= 15 is 0 Å². The van der Waals surface area contributed by atoms with Crippen molar-refractivity contribution >= 4 is 15.8 Å². The van der Waals surface area contributed by atoms with Crippen molar-refractivity contribution in [2.45, 2.75) is 136 Å². The van der Waals surface area contributed by atoms with E-state index in [0.29, 0.717) is 20.6 Å². The molecule has 2 unspecified atom stereocenters. The third-order valence-electron chi connectivity index (χ3n) is 6.86. The summed E-state index contributed by atoms with van der Waals surface area (Å²) in [6.07, 6.45) is 8.86. The smallest absolute Gasteiger partial charge is 0.0175 e. The molecule has 0 bridgehead atoms. The van der Waals surface area contributed by atoms with Crippen LogP contribution in [-0.4, -0.2) is 32.9 Å². The van der Waals surface area contributed by atoms with Crippen molar-refractivity contribution in [1.29, 1.82) is 0 Å². The molecule has 0 heterocycles. The maximum Gasteiger partial charge on any atom is -0.0175 e. The van der Waals surface area contributed by atoms with E-state index in [4.69, 9.17) is 0 Å². The first-order valence-corrected chi connectivity index (χ1v) is 15.0. The predicted octanol–water partition coefficient (Wildman–Crippen LogP) is 9.59. The molecule has 28 heavy (non-hydrogen) atoms. The fourth-order valence-corrected chi connectivity index (χ4v) is 14.1. The summed E-state index contributed by atoms with van der Waals surface area (Å²) < 4.78 is 0. The third-order valence-corrected chi connectivity index (χ3v) is 15.0. The average molecular weight is 429 g/mol. The summed E-state index contributed by atoms with van der Waals surface area (Å²) in [5, 5.41) is 1.76. The van der Waals surface area contributed by atoms with Crippen molar-refractivity contribution in [3.05, 3.63) is 0 Å². The Bertz CT molecular complexity index is 405. The molecular formula is C26H54P2. The van der Waals surface area contributed by atoms with Crippen molar-refractivity contribution in [3.63, 3.8) is 0 Å². The Morgan fingerprint density at radius 1 is 0.607 bits per heavy atom. The summed E-state index contributed by atoms with van der Waals surface area (Å²) in [7, 11) is -0.0358. The van der Waals surface area contributed by atoms with Gasteiger partial charge in [0.1, 0.15) is 0 Å². The lowest BCUT2D eigenvalue weighted by Crippen LogP contribution is -2.37. The van der Waals surface area contributed by atoms with Crippen molar-refractivity contribution in [2.24, 2.45) is 17.8 Å².